The fraction of sp³-hybridized carbons (Fsp3) is 0.250. The van der Waals surface area contributed by atoms with Gasteiger partial charge in [-0.2, -0.15) is 0 Å². The van der Waals surface area contributed by atoms with E-state index in [4.69, 9.17) is 11.6 Å². The molecule has 1 fully saturated rings. The van der Waals surface area contributed by atoms with Crippen LogP contribution < -0.4 is 0 Å². The van der Waals surface area contributed by atoms with Crippen molar-refractivity contribution in [2.24, 2.45) is 0 Å². The summed E-state index contributed by atoms with van der Waals surface area (Å²) >= 11 is 5.96. The molecule has 0 heterocycles. The predicted octanol–water partition coefficient (Wildman–Crippen LogP) is 4.61. The van der Waals surface area contributed by atoms with Gasteiger partial charge in [0.05, 0.1) is 0 Å². The van der Waals surface area contributed by atoms with Crippen LogP contribution in [0, 0.1) is 6.07 Å². The average molecular weight is 242 g/mol. The summed E-state index contributed by atoms with van der Waals surface area (Å²) in [6.07, 6.45) is 3.76. The van der Waals surface area contributed by atoms with Crippen LogP contribution in [0.25, 0.3) is 0 Å². The summed E-state index contributed by atoms with van der Waals surface area (Å²) in [5.41, 5.74) is 2.98. The minimum Gasteiger partial charge on any atom is -0.0843 e. The van der Waals surface area contributed by atoms with Gasteiger partial charge in [0.25, 0.3) is 0 Å². The fourth-order valence-corrected chi connectivity index (χ4v) is 2.86. The first-order valence-corrected chi connectivity index (χ1v) is 6.42. The number of hydrogen-bond acceptors (Lipinski definition) is 0. The van der Waals surface area contributed by atoms with E-state index in [0.717, 1.165) is 5.02 Å². The van der Waals surface area contributed by atoms with E-state index in [9.17, 15) is 0 Å². The Morgan fingerprint density at radius 2 is 1.76 bits per heavy atom. The molecule has 0 amide bonds. The Balaban J connectivity index is 2.06. The monoisotopic (exact) mass is 241 g/mol. The first-order chi connectivity index (χ1) is 8.31. The highest BCUT2D eigenvalue weighted by atomic mass is 35.5. The Morgan fingerprint density at radius 3 is 2.29 bits per heavy atom. The second kappa shape index (κ2) is 4.19. The van der Waals surface area contributed by atoms with E-state index in [1.807, 2.05) is 18.2 Å². The molecule has 85 valence electrons. The van der Waals surface area contributed by atoms with E-state index < -0.39 is 0 Å². The molecule has 1 saturated carbocycles. The lowest BCUT2D eigenvalue weighted by atomic mass is 9.61. The molecule has 17 heavy (non-hydrogen) atoms. The van der Waals surface area contributed by atoms with Gasteiger partial charge in [-0.1, -0.05) is 54.4 Å². The normalized spacial score (nSPS) is 17.5. The van der Waals surface area contributed by atoms with E-state index in [1.54, 1.807) is 0 Å². The Labute approximate surface area is 107 Å². The van der Waals surface area contributed by atoms with Crippen molar-refractivity contribution in [1.29, 1.82) is 0 Å². The summed E-state index contributed by atoms with van der Waals surface area (Å²) in [6, 6.07) is 19.9. The average Bonchev–Trinajstić information content (AvgIpc) is 2.32. The maximum atomic E-state index is 5.96. The molecule has 1 heteroatoms. The lowest BCUT2D eigenvalue weighted by Crippen LogP contribution is -2.35. The van der Waals surface area contributed by atoms with E-state index in [1.165, 1.54) is 30.4 Å². The standard InChI is InChI=1S/C16H14Cl/c17-15-9-7-14(8-10-15)16(11-4-12-16)13-5-2-1-3-6-13/h1-2,5-10H,4,11-12H2. The molecule has 0 atom stereocenters. The Kier molecular flexibility index (Phi) is 2.68. The molecule has 0 nitrogen and oxygen atoms in total. The van der Waals surface area contributed by atoms with Gasteiger partial charge in [0.2, 0.25) is 0 Å². The molecule has 1 aliphatic rings. The molecule has 1 aliphatic carbocycles. The van der Waals surface area contributed by atoms with E-state index in [-0.39, 0.29) is 5.41 Å². The molecule has 3 rings (SSSR count). The molecule has 0 aliphatic heterocycles. The third-order valence-corrected chi connectivity index (χ3v) is 4.12. The largest absolute Gasteiger partial charge is 0.0843 e. The van der Waals surface area contributed by atoms with Crippen LogP contribution in [0.1, 0.15) is 30.4 Å². The van der Waals surface area contributed by atoms with Gasteiger partial charge in [-0.05, 0) is 42.2 Å². The third kappa shape index (κ3) is 1.77. The maximum Gasteiger partial charge on any atom is 0.0406 e. The van der Waals surface area contributed by atoms with Crippen molar-refractivity contribution in [1.82, 2.24) is 0 Å². The Bertz CT molecular complexity index is 495. The lowest BCUT2D eigenvalue weighted by molar-refractivity contribution is 0.301. The van der Waals surface area contributed by atoms with Crippen LogP contribution in [0.15, 0.2) is 48.5 Å². The van der Waals surface area contributed by atoms with Crippen molar-refractivity contribution in [3.8, 4) is 0 Å². The van der Waals surface area contributed by atoms with E-state index in [0.29, 0.717) is 0 Å². The van der Waals surface area contributed by atoms with Crippen molar-refractivity contribution in [3.63, 3.8) is 0 Å². The zero-order valence-electron chi connectivity index (χ0n) is 9.62. The fourth-order valence-electron chi connectivity index (χ4n) is 2.73. The van der Waals surface area contributed by atoms with Gasteiger partial charge in [0.15, 0.2) is 0 Å². The SMILES string of the molecule is Clc1ccc(C2(c3c[c]ccc3)CCC2)cc1. The van der Waals surface area contributed by atoms with Crippen LogP contribution in [0.5, 0.6) is 0 Å². The number of hydrogen-bond donors (Lipinski definition) is 0. The van der Waals surface area contributed by atoms with Crippen molar-refractivity contribution in [2.45, 2.75) is 24.7 Å². The van der Waals surface area contributed by atoms with Gasteiger partial charge >= 0.3 is 0 Å². The first-order valence-electron chi connectivity index (χ1n) is 6.04. The second-order valence-electron chi connectivity index (χ2n) is 4.73. The Morgan fingerprint density at radius 1 is 1.00 bits per heavy atom. The molecule has 0 unspecified atom stereocenters. The molecule has 2 aromatic rings. The zero-order chi connectivity index (χ0) is 11.7. The lowest BCUT2D eigenvalue weighted by Gasteiger charge is -2.43. The van der Waals surface area contributed by atoms with Crippen molar-refractivity contribution >= 4 is 11.6 Å². The Hall–Kier alpha value is -1.27. The van der Waals surface area contributed by atoms with Crippen molar-refractivity contribution in [3.05, 3.63) is 70.7 Å². The molecule has 0 aromatic heterocycles. The quantitative estimate of drug-likeness (QED) is 0.720. The number of benzene rings is 2. The number of rotatable bonds is 2. The number of halogens is 1. The maximum absolute atomic E-state index is 5.96. The molecular weight excluding hydrogens is 228 g/mol. The van der Waals surface area contributed by atoms with Crippen LogP contribution in [-0.4, -0.2) is 0 Å². The van der Waals surface area contributed by atoms with Crippen LogP contribution in [0.4, 0.5) is 0 Å². The van der Waals surface area contributed by atoms with Crippen LogP contribution in [0.2, 0.25) is 5.02 Å². The molecule has 1 radical (unpaired) electrons. The summed E-state index contributed by atoms with van der Waals surface area (Å²) in [5.74, 6) is 0. The topological polar surface area (TPSA) is 0 Å². The molecule has 2 aromatic carbocycles. The smallest absolute Gasteiger partial charge is 0.0406 e. The van der Waals surface area contributed by atoms with Crippen LogP contribution in [0.3, 0.4) is 0 Å². The van der Waals surface area contributed by atoms with Crippen molar-refractivity contribution in [2.75, 3.05) is 0 Å². The summed E-state index contributed by atoms with van der Waals surface area (Å²) in [6.45, 7) is 0. The highest BCUT2D eigenvalue weighted by molar-refractivity contribution is 6.30. The van der Waals surface area contributed by atoms with Gasteiger partial charge in [-0.3, -0.25) is 0 Å². The minimum absolute atomic E-state index is 0.211. The van der Waals surface area contributed by atoms with Gasteiger partial charge in [0, 0.05) is 10.4 Å². The molecule has 0 N–H and O–H groups in total. The van der Waals surface area contributed by atoms with Crippen LogP contribution >= 0.6 is 11.6 Å². The minimum atomic E-state index is 0.211. The molecule has 0 spiro atoms. The van der Waals surface area contributed by atoms with Gasteiger partial charge in [-0.15, -0.1) is 0 Å². The summed E-state index contributed by atoms with van der Waals surface area (Å²) in [5, 5.41) is 0.808. The summed E-state index contributed by atoms with van der Waals surface area (Å²) in [4.78, 5) is 0. The van der Waals surface area contributed by atoms with Gasteiger partial charge in [-0.25, -0.2) is 0 Å². The van der Waals surface area contributed by atoms with E-state index in [2.05, 4.69) is 36.4 Å². The predicted molar refractivity (Wildman–Crippen MR) is 71.4 cm³/mol. The van der Waals surface area contributed by atoms with Crippen molar-refractivity contribution < 1.29 is 0 Å². The van der Waals surface area contributed by atoms with Crippen LogP contribution in [-0.2, 0) is 5.41 Å². The molecular formula is C16H14Cl. The van der Waals surface area contributed by atoms with Gasteiger partial charge < -0.3 is 0 Å². The summed E-state index contributed by atoms with van der Waals surface area (Å²) in [7, 11) is 0. The van der Waals surface area contributed by atoms with E-state index >= 15 is 0 Å². The highest BCUT2D eigenvalue weighted by Crippen LogP contribution is 2.48. The molecule has 0 bridgehead atoms. The molecule has 0 saturated heterocycles. The van der Waals surface area contributed by atoms with Gasteiger partial charge in [0.1, 0.15) is 0 Å². The first kappa shape index (κ1) is 10.9. The summed E-state index contributed by atoms with van der Waals surface area (Å²) < 4.78 is 0. The highest BCUT2D eigenvalue weighted by Gasteiger charge is 2.39. The third-order valence-electron chi connectivity index (χ3n) is 3.86. The zero-order valence-corrected chi connectivity index (χ0v) is 10.4. The second-order valence-corrected chi connectivity index (χ2v) is 5.17.